The van der Waals surface area contributed by atoms with E-state index in [4.69, 9.17) is 0 Å². The van der Waals surface area contributed by atoms with Crippen LogP contribution in [0.2, 0.25) is 0 Å². The Kier molecular flexibility index (Phi) is 7.09. The maximum Gasteiger partial charge on any atom is 0.188 e. The van der Waals surface area contributed by atoms with Gasteiger partial charge in [-0.2, -0.15) is 0 Å². The first-order chi connectivity index (χ1) is 21.8. The van der Waals surface area contributed by atoms with E-state index in [-0.39, 0.29) is 10.8 Å². The molecule has 0 saturated carbocycles. The van der Waals surface area contributed by atoms with E-state index in [1.54, 1.807) is 0 Å². The molecule has 2 unspecified atom stereocenters. The molecule has 0 aliphatic heterocycles. The zero-order valence-corrected chi connectivity index (χ0v) is 28.6. The predicted octanol–water partition coefficient (Wildman–Crippen LogP) is 9.60. The number of hydrogen-bond donors (Lipinski definition) is 2. The molecule has 2 heterocycles. The number of aliphatic hydroxyl groups is 2. The molecule has 1 aliphatic rings. The lowest BCUT2D eigenvalue weighted by atomic mass is 9.74. The minimum Gasteiger partial charge on any atom is -0.369 e. The van der Waals surface area contributed by atoms with Crippen LogP contribution in [0.5, 0.6) is 0 Å². The van der Waals surface area contributed by atoms with Crippen molar-refractivity contribution in [3.63, 3.8) is 0 Å². The predicted molar refractivity (Wildman–Crippen MR) is 194 cm³/mol. The number of thiophene rings is 2. The molecule has 4 heteroatoms. The van der Waals surface area contributed by atoms with E-state index < -0.39 is 11.2 Å². The van der Waals surface area contributed by atoms with Crippen LogP contribution in [-0.4, -0.2) is 10.2 Å². The van der Waals surface area contributed by atoms with Crippen LogP contribution in [-0.2, 0) is 22.0 Å². The van der Waals surface area contributed by atoms with Gasteiger partial charge in [0, 0.05) is 42.4 Å². The SMILES string of the molecule is CC(C)(C)c1ccc(C#CC2(O)c3sc4ccccc4c3C(O)(C#Cc3ccc(C(C)(C)C)cc3)c3sc4ccccc4c32)cc1. The molecule has 0 amide bonds. The van der Waals surface area contributed by atoms with Gasteiger partial charge in [0.15, 0.2) is 11.2 Å². The topological polar surface area (TPSA) is 40.5 Å². The van der Waals surface area contributed by atoms with Crippen molar-refractivity contribution >= 4 is 42.8 Å². The molecular weight excluding hydrogens is 601 g/mol. The Morgan fingerprint density at radius 3 is 1.20 bits per heavy atom. The lowest BCUT2D eigenvalue weighted by Crippen LogP contribution is -2.39. The molecule has 4 aromatic carbocycles. The number of benzene rings is 4. The third-order valence-electron chi connectivity index (χ3n) is 8.85. The van der Waals surface area contributed by atoms with Crippen LogP contribution in [0.3, 0.4) is 0 Å². The van der Waals surface area contributed by atoms with Gasteiger partial charge in [-0.1, -0.05) is 126 Å². The van der Waals surface area contributed by atoms with Crippen LogP contribution in [0.1, 0.15) is 84.7 Å². The van der Waals surface area contributed by atoms with Gasteiger partial charge in [0.1, 0.15) is 0 Å². The fourth-order valence-corrected chi connectivity index (χ4v) is 8.83. The highest BCUT2D eigenvalue weighted by Crippen LogP contribution is 2.57. The van der Waals surface area contributed by atoms with Crippen LogP contribution >= 0.6 is 22.7 Å². The number of fused-ring (bicyclic) bond motifs is 6. The Morgan fingerprint density at radius 2 is 0.848 bits per heavy atom. The molecule has 0 bridgehead atoms. The van der Waals surface area contributed by atoms with Gasteiger partial charge < -0.3 is 10.2 Å². The van der Waals surface area contributed by atoms with E-state index in [9.17, 15) is 10.2 Å². The molecule has 2 N–H and O–H groups in total. The summed E-state index contributed by atoms with van der Waals surface area (Å²) in [4.78, 5) is 1.23. The van der Waals surface area contributed by atoms with Gasteiger partial charge in [-0.25, -0.2) is 0 Å². The summed E-state index contributed by atoms with van der Waals surface area (Å²) in [6.45, 7) is 13.1. The van der Waals surface area contributed by atoms with Crippen LogP contribution < -0.4 is 0 Å². The van der Waals surface area contributed by atoms with E-state index in [0.717, 1.165) is 31.3 Å². The highest BCUT2D eigenvalue weighted by atomic mass is 32.1. The monoisotopic (exact) mass is 636 g/mol. The quantitative estimate of drug-likeness (QED) is 0.163. The standard InChI is InChI=1S/C42H36O2S2/c1-39(2,3)29-19-15-27(16-20-29)23-25-41(43)35-31-11-7-9-13-33(31)46-38(35)42(44,36-32-12-8-10-14-34(32)45-37(36)41)26-24-28-17-21-30(22-18-28)40(4,5)6/h7-22,43-44H,1-6H3. The van der Waals surface area contributed by atoms with Gasteiger partial charge in [-0.3, -0.25) is 0 Å². The fourth-order valence-electron chi connectivity index (χ4n) is 6.22. The molecular formula is C42H36O2S2. The van der Waals surface area contributed by atoms with Crippen molar-refractivity contribution < 1.29 is 10.2 Å². The maximum atomic E-state index is 12.9. The number of hydrogen-bond acceptors (Lipinski definition) is 4. The second-order valence-corrected chi connectivity index (χ2v) is 16.3. The van der Waals surface area contributed by atoms with Crippen molar-refractivity contribution in [1.29, 1.82) is 0 Å². The molecule has 6 aromatic rings. The van der Waals surface area contributed by atoms with Crippen LogP contribution in [0.25, 0.3) is 20.2 Å². The highest BCUT2D eigenvalue weighted by Gasteiger charge is 2.53. The number of rotatable bonds is 0. The van der Waals surface area contributed by atoms with Crippen molar-refractivity contribution in [1.82, 2.24) is 0 Å². The Labute approximate surface area is 279 Å². The van der Waals surface area contributed by atoms with Crippen LogP contribution in [0.4, 0.5) is 0 Å². The second kappa shape index (κ2) is 10.7. The third kappa shape index (κ3) is 4.98. The summed E-state index contributed by atoms with van der Waals surface area (Å²) >= 11 is 2.95. The lowest BCUT2D eigenvalue weighted by molar-refractivity contribution is 0.104. The minimum absolute atomic E-state index is 0.0319. The van der Waals surface area contributed by atoms with Gasteiger partial charge in [0.2, 0.25) is 0 Å². The van der Waals surface area contributed by atoms with E-state index in [1.807, 2.05) is 72.8 Å². The van der Waals surface area contributed by atoms with Crippen molar-refractivity contribution in [2.45, 2.75) is 63.6 Å². The summed E-state index contributed by atoms with van der Waals surface area (Å²) in [6.07, 6.45) is 0. The first-order valence-electron chi connectivity index (χ1n) is 15.6. The van der Waals surface area contributed by atoms with E-state index in [0.29, 0.717) is 20.9 Å². The lowest BCUT2D eigenvalue weighted by Gasteiger charge is -2.36. The van der Waals surface area contributed by atoms with Crippen molar-refractivity contribution in [2.75, 3.05) is 0 Å². The normalized spacial score (nSPS) is 19.1. The van der Waals surface area contributed by atoms with E-state index in [2.05, 4.69) is 89.5 Å². The van der Waals surface area contributed by atoms with Crippen molar-refractivity contribution in [2.24, 2.45) is 0 Å². The molecule has 0 saturated heterocycles. The zero-order valence-electron chi connectivity index (χ0n) is 26.9. The summed E-state index contributed by atoms with van der Waals surface area (Å²) in [5, 5.41) is 27.6. The molecule has 228 valence electrons. The zero-order chi connectivity index (χ0) is 32.5. The average molecular weight is 637 g/mol. The average Bonchev–Trinajstić information content (AvgIpc) is 3.63. The molecule has 2 atom stereocenters. The van der Waals surface area contributed by atoms with Crippen molar-refractivity contribution in [3.8, 4) is 23.7 Å². The van der Waals surface area contributed by atoms with E-state index >= 15 is 0 Å². The summed E-state index contributed by atoms with van der Waals surface area (Å²) in [6, 6.07) is 32.5. The molecule has 7 rings (SSSR count). The second-order valence-electron chi connectivity index (χ2n) is 14.2. The van der Waals surface area contributed by atoms with E-state index in [1.165, 1.54) is 33.8 Å². The molecule has 0 spiro atoms. The van der Waals surface area contributed by atoms with Gasteiger partial charge in [-0.15, -0.1) is 22.7 Å². The van der Waals surface area contributed by atoms with Crippen molar-refractivity contribution in [3.05, 3.63) is 140 Å². The Balaban J connectivity index is 1.47. The van der Waals surface area contributed by atoms with Crippen LogP contribution in [0.15, 0.2) is 97.1 Å². The first-order valence-corrected chi connectivity index (χ1v) is 17.2. The Morgan fingerprint density at radius 1 is 0.500 bits per heavy atom. The van der Waals surface area contributed by atoms with Crippen LogP contribution in [0, 0.1) is 23.7 Å². The summed E-state index contributed by atoms with van der Waals surface area (Å²) in [7, 11) is 0. The molecule has 2 aromatic heterocycles. The molecule has 1 aliphatic carbocycles. The Hall–Kier alpha value is -4.16. The largest absolute Gasteiger partial charge is 0.369 e. The molecule has 2 nitrogen and oxygen atoms in total. The minimum atomic E-state index is -1.65. The summed E-state index contributed by atoms with van der Waals surface area (Å²) in [5.74, 6) is 13.3. The van der Waals surface area contributed by atoms with Gasteiger partial charge in [0.25, 0.3) is 0 Å². The Bertz CT molecular complexity index is 2090. The first kappa shape index (κ1) is 30.5. The smallest absolute Gasteiger partial charge is 0.188 e. The third-order valence-corrected chi connectivity index (χ3v) is 11.4. The molecule has 0 fully saturated rings. The fraction of sp³-hybridized carbons (Fsp3) is 0.238. The highest BCUT2D eigenvalue weighted by molar-refractivity contribution is 7.20. The van der Waals surface area contributed by atoms with Gasteiger partial charge in [0.05, 0.1) is 9.75 Å². The molecule has 0 radical (unpaired) electrons. The van der Waals surface area contributed by atoms with Gasteiger partial charge in [-0.05, 0) is 58.4 Å². The molecule has 46 heavy (non-hydrogen) atoms. The van der Waals surface area contributed by atoms with Gasteiger partial charge >= 0.3 is 0 Å². The maximum absolute atomic E-state index is 12.9. The summed E-state index contributed by atoms with van der Waals surface area (Å²) in [5.41, 5.74) is 2.09. The summed E-state index contributed by atoms with van der Waals surface area (Å²) < 4.78 is 1.94.